The van der Waals surface area contributed by atoms with Gasteiger partial charge in [-0.05, 0) is 56.2 Å². The number of rotatable bonds is 3. The van der Waals surface area contributed by atoms with Gasteiger partial charge in [0.25, 0.3) is 0 Å². The summed E-state index contributed by atoms with van der Waals surface area (Å²) in [6.45, 7) is 3.39. The monoisotopic (exact) mass is 370 g/mol. The Balaban J connectivity index is 1.48. The van der Waals surface area contributed by atoms with Crippen LogP contribution in [0.5, 0.6) is 0 Å². The van der Waals surface area contributed by atoms with E-state index in [2.05, 4.69) is 25.5 Å². The van der Waals surface area contributed by atoms with Gasteiger partial charge in [0.15, 0.2) is 11.5 Å². The van der Waals surface area contributed by atoms with Crippen molar-refractivity contribution in [3.05, 3.63) is 47.2 Å². The first kappa shape index (κ1) is 16.8. The highest BCUT2D eigenvalue weighted by atomic mass is 35.5. The number of benzene rings is 1. The number of carbonyl (C=O) groups excluding carboxylic acids is 1. The average Bonchev–Trinajstić information content (AvgIpc) is 3.04. The van der Waals surface area contributed by atoms with Crippen molar-refractivity contribution < 1.29 is 4.79 Å². The van der Waals surface area contributed by atoms with Crippen molar-refractivity contribution in [2.45, 2.75) is 19.8 Å². The van der Waals surface area contributed by atoms with Crippen LogP contribution in [0.15, 0.2) is 36.4 Å². The number of aromatic nitrogens is 4. The second-order valence-electron chi connectivity index (χ2n) is 6.49. The zero-order chi connectivity index (χ0) is 18.1. The van der Waals surface area contributed by atoms with Crippen LogP contribution >= 0.6 is 11.6 Å². The van der Waals surface area contributed by atoms with Gasteiger partial charge < -0.3 is 10.2 Å². The maximum absolute atomic E-state index is 12.6. The zero-order valence-electron chi connectivity index (χ0n) is 14.4. The Morgan fingerprint density at radius 3 is 2.81 bits per heavy atom. The van der Waals surface area contributed by atoms with Crippen LogP contribution in [0.3, 0.4) is 0 Å². The van der Waals surface area contributed by atoms with Crippen LogP contribution in [0.25, 0.3) is 5.65 Å². The lowest BCUT2D eigenvalue weighted by molar-refractivity contribution is -0.120. The summed E-state index contributed by atoms with van der Waals surface area (Å²) in [7, 11) is 0. The Hall–Kier alpha value is -2.67. The van der Waals surface area contributed by atoms with E-state index in [-0.39, 0.29) is 11.8 Å². The predicted molar refractivity (Wildman–Crippen MR) is 101 cm³/mol. The van der Waals surface area contributed by atoms with E-state index in [1.807, 2.05) is 31.2 Å². The largest absolute Gasteiger partial charge is 0.354 e. The van der Waals surface area contributed by atoms with Gasteiger partial charge in [-0.1, -0.05) is 11.6 Å². The molecular formula is C18H19ClN6O. The van der Waals surface area contributed by atoms with Crippen molar-refractivity contribution in [2.24, 2.45) is 5.92 Å². The van der Waals surface area contributed by atoms with E-state index in [0.717, 1.165) is 42.4 Å². The number of halogens is 1. The lowest BCUT2D eigenvalue weighted by Crippen LogP contribution is -2.41. The standard InChI is InChI=1S/C18H19ClN6O/c1-12-21-22-16-8-9-17(23-25(12)16)24-10-2-3-13(11-24)18(26)20-15-6-4-14(19)5-7-15/h4-9,13H,2-3,10-11H2,1H3,(H,20,26)/t13-/m1/s1. The van der Waals surface area contributed by atoms with Crippen LogP contribution in [0, 0.1) is 12.8 Å². The lowest BCUT2D eigenvalue weighted by Gasteiger charge is -2.32. The summed E-state index contributed by atoms with van der Waals surface area (Å²) in [6, 6.07) is 11.0. The molecule has 0 radical (unpaired) electrons. The highest BCUT2D eigenvalue weighted by molar-refractivity contribution is 6.30. The molecule has 26 heavy (non-hydrogen) atoms. The highest BCUT2D eigenvalue weighted by Gasteiger charge is 2.27. The van der Waals surface area contributed by atoms with Crippen LogP contribution in [0.2, 0.25) is 5.02 Å². The molecule has 0 bridgehead atoms. The molecule has 1 N–H and O–H groups in total. The predicted octanol–water partition coefficient (Wildman–Crippen LogP) is 2.94. The van der Waals surface area contributed by atoms with Gasteiger partial charge in [0.2, 0.25) is 5.91 Å². The fourth-order valence-corrected chi connectivity index (χ4v) is 3.36. The van der Waals surface area contributed by atoms with E-state index in [4.69, 9.17) is 11.6 Å². The van der Waals surface area contributed by atoms with E-state index in [0.29, 0.717) is 11.6 Å². The Labute approximate surface area is 156 Å². The maximum atomic E-state index is 12.6. The van der Waals surface area contributed by atoms with Gasteiger partial charge in [-0.15, -0.1) is 15.3 Å². The number of fused-ring (bicyclic) bond motifs is 1. The van der Waals surface area contributed by atoms with Crippen LogP contribution in [0.4, 0.5) is 11.5 Å². The smallest absolute Gasteiger partial charge is 0.229 e. The highest BCUT2D eigenvalue weighted by Crippen LogP contribution is 2.23. The van der Waals surface area contributed by atoms with Gasteiger partial charge in [-0.2, -0.15) is 4.52 Å². The number of nitrogens with zero attached hydrogens (tertiary/aromatic N) is 5. The minimum atomic E-state index is -0.0843. The molecule has 0 unspecified atom stereocenters. The second kappa shape index (κ2) is 6.92. The molecule has 1 aromatic carbocycles. The number of piperidine rings is 1. The summed E-state index contributed by atoms with van der Waals surface area (Å²) in [5, 5.41) is 16.3. The SMILES string of the molecule is Cc1nnc2ccc(N3CCC[C@@H](C(=O)Nc4ccc(Cl)cc4)C3)nn12. The van der Waals surface area contributed by atoms with Gasteiger partial charge in [-0.25, -0.2) is 0 Å². The molecule has 8 heteroatoms. The number of hydrogen-bond donors (Lipinski definition) is 1. The molecule has 3 aromatic rings. The molecule has 1 aliphatic rings. The number of anilines is 2. The minimum absolute atomic E-state index is 0.0265. The first-order chi connectivity index (χ1) is 12.6. The van der Waals surface area contributed by atoms with E-state index in [1.165, 1.54) is 0 Å². The Bertz CT molecular complexity index is 939. The number of hydrogen-bond acceptors (Lipinski definition) is 5. The topological polar surface area (TPSA) is 75.4 Å². The van der Waals surface area contributed by atoms with Gasteiger partial charge in [0.05, 0.1) is 5.92 Å². The van der Waals surface area contributed by atoms with Crippen LogP contribution in [-0.4, -0.2) is 38.8 Å². The van der Waals surface area contributed by atoms with Gasteiger partial charge in [0.1, 0.15) is 5.82 Å². The third-order valence-electron chi connectivity index (χ3n) is 4.63. The minimum Gasteiger partial charge on any atom is -0.354 e. The fourth-order valence-electron chi connectivity index (χ4n) is 3.23. The third kappa shape index (κ3) is 3.35. The summed E-state index contributed by atoms with van der Waals surface area (Å²) < 4.78 is 1.73. The van der Waals surface area contributed by atoms with Crippen LogP contribution in [-0.2, 0) is 4.79 Å². The number of aryl methyl sites for hydroxylation is 1. The molecule has 1 atom stereocenters. The van der Waals surface area contributed by atoms with E-state index in [9.17, 15) is 4.79 Å². The van der Waals surface area contributed by atoms with E-state index >= 15 is 0 Å². The number of carbonyl (C=O) groups is 1. The van der Waals surface area contributed by atoms with Crippen molar-refractivity contribution in [3.8, 4) is 0 Å². The molecule has 7 nitrogen and oxygen atoms in total. The first-order valence-electron chi connectivity index (χ1n) is 8.60. The average molecular weight is 371 g/mol. The van der Waals surface area contributed by atoms with Crippen molar-refractivity contribution >= 4 is 34.7 Å². The number of nitrogens with one attached hydrogen (secondary N) is 1. The summed E-state index contributed by atoms with van der Waals surface area (Å²) >= 11 is 5.89. The van der Waals surface area contributed by atoms with Gasteiger partial charge in [-0.3, -0.25) is 4.79 Å². The molecule has 1 saturated heterocycles. The molecule has 1 fully saturated rings. The maximum Gasteiger partial charge on any atom is 0.229 e. The molecule has 0 aliphatic carbocycles. The van der Waals surface area contributed by atoms with Crippen molar-refractivity contribution in [1.82, 2.24) is 19.8 Å². The van der Waals surface area contributed by atoms with Crippen molar-refractivity contribution in [1.29, 1.82) is 0 Å². The fraction of sp³-hybridized carbons (Fsp3) is 0.333. The molecule has 134 valence electrons. The Kier molecular flexibility index (Phi) is 4.46. The van der Waals surface area contributed by atoms with Crippen molar-refractivity contribution in [3.63, 3.8) is 0 Å². The van der Waals surface area contributed by atoms with Crippen molar-refractivity contribution in [2.75, 3.05) is 23.3 Å². The van der Waals surface area contributed by atoms with Gasteiger partial charge >= 0.3 is 0 Å². The third-order valence-corrected chi connectivity index (χ3v) is 4.88. The molecule has 2 aromatic heterocycles. The van der Waals surface area contributed by atoms with Crippen LogP contribution in [0.1, 0.15) is 18.7 Å². The lowest BCUT2D eigenvalue weighted by atomic mass is 9.97. The Morgan fingerprint density at radius 2 is 2.00 bits per heavy atom. The summed E-state index contributed by atoms with van der Waals surface area (Å²) in [4.78, 5) is 14.8. The number of amides is 1. The normalized spacial score (nSPS) is 17.5. The van der Waals surface area contributed by atoms with E-state index < -0.39 is 0 Å². The molecular weight excluding hydrogens is 352 g/mol. The molecule has 1 amide bonds. The molecule has 1 aliphatic heterocycles. The molecule has 0 saturated carbocycles. The van der Waals surface area contributed by atoms with E-state index in [1.54, 1.807) is 16.6 Å². The van der Waals surface area contributed by atoms with Crippen LogP contribution < -0.4 is 10.2 Å². The quantitative estimate of drug-likeness (QED) is 0.767. The second-order valence-corrected chi connectivity index (χ2v) is 6.93. The molecule has 4 rings (SSSR count). The first-order valence-corrected chi connectivity index (χ1v) is 8.98. The Morgan fingerprint density at radius 1 is 1.19 bits per heavy atom. The molecule has 3 heterocycles. The molecule has 0 spiro atoms. The summed E-state index contributed by atoms with van der Waals surface area (Å²) in [5.41, 5.74) is 1.48. The van der Waals surface area contributed by atoms with Gasteiger partial charge in [0, 0.05) is 23.8 Å². The zero-order valence-corrected chi connectivity index (χ0v) is 15.1. The summed E-state index contributed by atoms with van der Waals surface area (Å²) in [6.07, 6.45) is 1.81. The summed E-state index contributed by atoms with van der Waals surface area (Å²) in [5.74, 6) is 1.53.